The minimum Gasteiger partial charge on any atom is -0.478 e. The van der Waals surface area contributed by atoms with Crippen molar-refractivity contribution < 1.29 is 28.9 Å². The molecule has 1 N–H and O–H groups in total. The summed E-state index contributed by atoms with van der Waals surface area (Å²) in [5.41, 5.74) is 0.0492. The molecule has 8 heteroatoms. The third-order valence-corrected chi connectivity index (χ3v) is 5.45. The topological polar surface area (TPSA) is 85.3 Å². The number of benzene rings is 1. The van der Waals surface area contributed by atoms with Gasteiger partial charge >= 0.3 is 12.1 Å². The van der Waals surface area contributed by atoms with Crippen LogP contribution in [0.1, 0.15) is 56.5 Å². The lowest BCUT2D eigenvalue weighted by molar-refractivity contribution is -0.124. The normalized spacial score (nSPS) is 22.3. The van der Waals surface area contributed by atoms with Crippen LogP contribution in [0.3, 0.4) is 0 Å². The van der Waals surface area contributed by atoms with Gasteiger partial charge in [-0.05, 0) is 46.6 Å². The lowest BCUT2D eigenvalue weighted by atomic mass is 9.89. The first-order valence-corrected chi connectivity index (χ1v) is 9.71. The number of ether oxygens (including phenoxy) is 3. The molecule has 2 aliphatic heterocycles. The van der Waals surface area contributed by atoms with E-state index in [9.17, 15) is 14.7 Å². The van der Waals surface area contributed by atoms with Crippen LogP contribution in [0.25, 0.3) is 0 Å². The molecule has 1 saturated heterocycles. The summed E-state index contributed by atoms with van der Waals surface area (Å²) in [6.45, 7) is 10.1. The van der Waals surface area contributed by atoms with Crippen LogP contribution in [0.15, 0.2) is 6.07 Å². The zero-order chi connectivity index (χ0) is 20.9. The van der Waals surface area contributed by atoms with Gasteiger partial charge in [-0.3, -0.25) is 0 Å². The number of nitrogens with zero attached hydrogens (tertiary/aromatic N) is 1. The number of rotatable bonds is 2. The highest BCUT2D eigenvalue weighted by atomic mass is 35.5. The zero-order valence-electron chi connectivity index (χ0n) is 16.8. The molecular formula is C20H26ClNO6. The number of likely N-dealkylation sites (tertiary alicyclic amines) is 1. The quantitative estimate of drug-likeness (QED) is 0.772. The molecule has 1 aromatic carbocycles. The van der Waals surface area contributed by atoms with Gasteiger partial charge in [0.25, 0.3) is 5.79 Å². The summed E-state index contributed by atoms with van der Waals surface area (Å²) >= 11 is 6.25. The molecule has 7 nitrogen and oxygen atoms in total. The van der Waals surface area contributed by atoms with Crippen LogP contribution in [-0.2, 0) is 4.74 Å². The Morgan fingerprint density at radius 3 is 2.36 bits per heavy atom. The Hall–Kier alpha value is -2.15. The second-order valence-corrected chi connectivity index (χ2v) is 8.86. The van der Waals surface area contributed by atoms with Gasteiger partial charge in [0.2, 0.25) is 0 Å². The first kappa shape index (κ1) is 20.6. The van der Waals surface area contributed by atoms with Gasteiger partial charge in [0.1, 0.15) is 5.60 Å². The third-order valence-electron chi connectivity index (χ3n) is 5.17. The zero-order valence-corrected chi connectivity index (χ0v) is 17.6. The van der Waals surface area contributed by atoms with Crippen LogP contribution >= 0.6 is 11.6 Å². The van der Waals surface area contributed by atoms with Crippen molar-refractivity contribution in [3.63, 3.8) is 0 Å². The molecule has 1 amide bonds. The summed E-state index contributed by atoms with van der Waals surface area (Å²) in [6.07, 6.45) is 1.02. The predicted octanol–water partition coefficient (Wildman–Crippen LogP) is 4.48. The number of halogens is 1. The number of fused-ring (bicyclic) bond motifs is 1. The van der Waals surface area contributed by atoms with Gasteiger partial charge in [-0.15, -0.1) is 0 Å². The summed E-state index contributed by atoms with van der Waals surface area (Å²) < 4.78 is 17.6. The maximum atomic E-state index is 12.3. The highest BCUT2D eigenvalue weighted by Crippen LogP contribution is 2.51. The lowest BCUT2D eigenvalue weighted by Crippen LogP contribution is -2.50. The molecule has 0 radical (unpaired) electrons. The van der Waals surface area contributed by atoms with E-state index in [-0.39, 0.29) is 22.6 Å². The fourth-order valence-corrected chi connectivity index (χ4v) is 3.88. The van der Waals surface area contributed by atoms with Crippen molar-refractivity contribution in [1.82, 2.24) is 4.90 Å². The highest BCUT2D eigenvalue weighted by molar-refractivity contribution is 6.32. The number of piperidine rings is 1. The van der Waals surface area contributed by atoms with Gasteiger partial charge in [-0.1, -0.05) is 11.6 Å². The smallest absolute Gasteiger partial charge is 0.410 e. The molecule has 2 heterocycles. The lowest BCUT2D eigenvalue weighted by Gasteiger charge is -2.39. The first-order valence-electron chi connectivity index (χ1n) is 9.33. The second kappa shape index (κ2) is 7.03. The van der Waals surface area contributed by atoms with Crippen molar-refractivity contribution in [3.05, 3.63) is 22.2 Å². The predicted molar refractivity (Wildman–Crippen MR) is 103 cm³/mol. The molecule has 0 saturated carbocycles. The van der Waals surface area contributed by atoms with Crippen LogP contribution in [0.5, 0.6) is 11.5 Å². The number of amides is 1. The highest BCUT2D eigenvalue weighted by Gasteiger charge is 2.47. The Labute approximate surface area is 169 Å². The van der Waals surface area contributed by atoms with Crippen molar-refractivity contribution in [2.45, 2.75) is 58.8 Å². The van der Waals surface area contributed by atoms with Crippen LogP contribution in [-0.4, -0.2) is 46.5 Å². The summed E-state index contributed by atoms with van der Waals surface area (Å²) in [7, 11) is 0. The maximum Gasteiger partial charge on any atom is 0.410 e. The molecule has 1 aromatic rings. The average Bonchev–Trinajstić information content (AvgIpc) is 2.96. The molecule has 0 bridgehead atoms. The Bertz CT molecular complexity index is 810. The SMILES string of the molecule is Cc1c(C(=O)O)cc(Cl)c2c1OC(C)(C1CCN(C(=O)OC(C)(C)C)CC1)O2. The number of carboxylic acid groups (broad SMARTS) is 1. The summed E-state index contributed by atoms with van der Waals surface area (Å²) in [5, 5.41) is 9.57. The summed E-state index contributed by atoms with van der Waals surface area (Å²) in [4.78, 5) is 25.4. The van der Waals surface area contributed by atoms with E-state index in [1.807, 2.05) is 27.7 Å². The van der Waals surface area contributed by atoms with Gasteiger partial charge in [0.15, 0.2) is 11.5 Å². The van der Waals surface area contributed by atoms with Gasteiger partial charge < -0.3 is 24.2 Å². The minimum absolute atomic E-state index is 0.0160. The largest absolute Gasteiger partial charge is 0.478 e. The molecular weight excluding hydrogens is 386 g/mol. The van der Waals surface area contributed by atoms with Gasteiger partial charge in [0.05, 0.1) is 10.6 Å². The number of aromatic carboxylic acids is 1. The Kier molecular flexibility index (Phi) is 5.17. The van der Waals surface area contributed by atoms with E-state index >= 15 is 0 Å². The maximum absolute atomic E-state index is 12.3. The number of hydrogen-bond donors (Lipinski definition) is 1. The van der Waals surface area contributed by atoms with Gasteiger partial charge in [-0.25, -0.2) is 9.59 Å². The van der Waals surface area contributed by atoms with Crippen molar-refractivity contribution >= 4 is 23.7 Å². The summed E-state index contributed by atoms with van der Waals surface area (Å²) in [6, 6.07) is 1.39. The van der Waals surface area contributed by atoms with Crippen molar-refractivity contribution in [1.29, 1.82) is 0 Å². The van der Waals surface area contributed by atoms with E-state index in [0.29, 0.717) is 43.0 Å². The number of hydrogen-bond acceptors (Lipinski definition) is 5. The van der Waals surface area contributed by atoms with E-state index in [2.05, 4.69) is 0 Å². The Morgan fingerprint density at radius 1 is 1.25 bits per heavy atom. The van der Waals surface area contributed by atoms with E-state index in [0.717, 1.165) is 0 Å². The number of carboxylic acids is 1. The minimum atomic E-state index is -1.06. The first-order chi connectivity index (χ1) is 12.9. The molecule has 3 rings (SSSR count). The Morgan fingerprint density at radius 2 is 1.82 bits per heavy atom. The fraction of sp³-hybridized carbons (Fsp3) is 0.600. The molecule has 0 aromatic heterocycles. The molecule has 0 aliphatic carbocycles. The molecule has 154 valence electrons. The second-order valence-electron chi connectivity index (χ2n) is 8.46. The molecule has 0 spiro atoms. The molecule has 1 unspecified atom stereocenters. The van der Waals surface area contributed by atoms with E-state index in [1.54, 1.807) is 11.8 Å². The van der Waals surface area contributed by atoms with Crippen molar-refractivity contribution in [2.75, 3.05) is 13.1 Å². The van der Waals surface area contributed by atoms with Gasteiger partial charge in [0, 0.05) is 31.5 Å². The number of carbonyl (C=O) groups excluding carboxylic acids is 1. The third kappa shape index (κ3) is 3.85. The van der Waals surface area contributed by atoms with Crippen molar-refractivity contribution in [2.24, 2.45) is 5.92 Å². The summed E-state index contributed by atoms with van der Waals surface area (Å²) in [5.74, 6) is -1.26. The molecule has 1 atom stereocenters. The number of carbonyl (C=O) groups is 2. The van der Waals surface area contributed by atoms with Crippen LogP contribution in [0.4, 0.5) is 4.79 Å². The van der Waals surface area contributed by atoms with E-state index in [1.165, 1.54) is 6.07 Å². The van der Waals surface area contributed by atoms with Crippen LogP contribution in [0, 0.1) is 12.8 Å². The monoisotopic (exact) mass is 411 g/mol. The Balaban J connectivity index is 1.72. The van der Waals surface area contributed by atoms with Gasteiger partial charge in [-0.2, -0.15) is 0 Å². The molecule has 28 heavy (non-hydrogen) atoms. The average molecular weight is 412 g/mol. The van der Waals surface area contributed by atoms with Crippen LogP contribution in [0.2, 0.25) is 5.02 Å². The van der Waals surface area contributed by atoms with Crippen LogP contribution < -0.4 is 9.47 Å². The van der Waals surface area contributed by atoms with Crippen molar-refractivity contribution in [3.8, 4) is 11.5 Å². The molecule has 2 aliphatic rings. The fourth-order valence-electron chi connectivity index (χ4n) is 3.65. The molecule has 1 fully saturated rings. The van der Waals surface area contributed by atoms with E-state index < -0.39 is 17.4 Å². The van der Waals surface area contributed by atoms with E-state index in [4.69, 9.17) is 25.8 Å². The standard InChI is InChI=1S/C20H26ClNO6/c1-11-13(17(23)24)10-14(21)16-15(11)26-20(5,27-16)12-6-8-22(9-7-12)18(25)28-19(2,3)4/h10,12H,6-9H2,1-5H3,(H,23,24).